The lowest BCUT2D eigenvalue weighted by Gasteiger charge is -2.31. The number of nitrogens with zero attached hydrogens (tertiary/aromatic N) is 2. The smallest absolute Gasteiger partial charge is 0.241 e. The highest BCUT2D eigenvalue weighted by molar-refractivity contribution is 5.94. The van der Waals surface area contributed by atoms with Gasteiger partial charge in [-0.2, -0.15) is 5.26 Å². The molecule has 21 heavy (non-hydrogen) atoms. The first-order valence-corrected chi connectivity index (χ1v) is 7.17. The van der Waals surface area contributed by atoms with Gasteiger partial charge in [0, 0.05) is 18.3 Å². The van der Waals surface area contributed by atoms with E-state index in [0.29, 0.717) is 11.3 Å². The molecule has 0 aliphatic carbocycles. The van der Waals surface area contributed by atoms with Gasteiger partial charge < -0.3 is 10.1 Å². The van der Waals surface area contributed by atoms with Crippen LogP contribution in [0.1, 0.15) is 25.8 Å². The third-order valence-corrected chi connectivity index (χ3v) is 4.13. The van der Waals surface area contributed by atoms with Crippen molar-refractivity contribution in [1.29, 1.82) is 5.26 Å². The number of hydrogen-bond donors (Lipinski definition) is 1. The number of rotatable bonds is 4. The van der Waals surface area contributed by atoms with E-state index in [1.165, 1.54) is 0 Å². The van der Waals surface area contributed by atoms with Crippen molar-refractivity contribution in [3.8, 4) is 6.07 Å². The number of likely N-dealkylation sites (N-methyl/N-ethyl adjacent to an activating group) is 1. The minimum absolute atomic E-state index is 0.0543. The van der Waals surface area contributed by atoms with E-state index in [4.69, 9.17) is 10.00 Å². The molecule has 1 heterocycles. The molecule has 1 aromatic carbocycles. The molecule has 0 bridgehead atoms. The Morgan fingerprint density at radius 2 is 2.14 bits per heavy atom. The van der Waals surface area contributed by atoms with Gasteiger partial charge in [-0.05, 0) is 51.6 Å². The molecule has 1 aromatic rings. The second kappa shape index (κ2) is 6.70. The molecule has 5 heteroatoms. The molecule has 5 nitrogen and oxygen atoms in total. The summed E-state index contributed by atoms with van der Waals surface area (Å²) >= 11 is 0. The monoisotopic (exact) mass is 287 g/mol. The topological polar surface area (TPSA) is 65.4 Å². The molecule has 0 aromatic heterocycles. The third kappa shape index (κ3) is 3.60. The Morgan fingerprint density at radius 3 is 2.67 bits per heavy atom. The molecule has 1 saturated heterocycles. The summed E-state index contributed by atoms with van der Waals surface area (Å²) in [4.78, 5) is 14.4. The summed E-state index contributed by atoms with van der Waals surface area (Å²) in [5, 5.41) is 11.6. The maximum atomic E-state index is 12.3. The second-order valence-corrected chi connectivity index (χ2v) is 5.45. The fraction of sp³-hybridized carbons (Fsp3) is 0.500. The van der Waals surface area contributed by atoms with E-state index >= 15 is 0 Å². The molecule has 1 aliphatic rings. The number of nitriles is 1. The Kier molecular flexibility index (Phi) is 4.94. The van der Waals surface area contributed by atoms with Gasteiger partial charge in [-0.3, -0.25) is 9.69 Å². The van der Waals surface area contributed by atoms with E-state index in [9.17, 15) is 4.79 Å². The lowest BCUT2D eigenvalue weighted by molar-refractivity contribution is -0.121. The van der Waals surface area contributed by atoms with Crippen molar-refractivity contribution in [3.05, 3.63) is 29.8 Å². The van der Waals surface area contributed by atoms with Crippen molar-refractivity contribution in [2.45, 2.75) is 38.5 Å². The van der Waals surface area contributed by atoms with Gasteiger partial charge >= 0.3 is 0 Å². The summed E-state index contributed by atoms with van der Waals surface area (Å²) in [7, 11) is 1.96. The fourth-order valence-electron chi connectivity index (χ4n) is 2.60. The van der Waals surface area contributed by atoms with Crippen LogP contribution in [0.5, 0.6) is 0 Å². The van der Waals surface area contributed by atoms with Crippen molar-refractivity contribution in [2.75, 3.05) is 19.0 Å². The van der Waals surface area contributed by atoms with E-state index in [1.54, 1.807) is 24.3 Å². The Labute approximate surface area is 125 Å². The van der Waals surface area contributed by atoms with Crippen LogP contribution in [0.2, 0.25) is 0 Å². The van der Waals surface area contributed by atoms with Crippen molar-refractivity contribution in [1.82, 2.24) is 4.90 Å². The molecule has 112 valence electrons. The van der Waals surface area contributed by atoms with Crippen LogP contribution < -0.4 is 5.32 Å². The Morgan fingerprint density at radius 1 is 1.48 bits per heavy atom. The molecule has 3 unspecified atom stereocenters. The highest BCUT2D eigenvalue weighted by Gasteiger charge is 2.32. The molecular weight excluding hydrogens is 266 g/mol. The van der Waals surface area contributed by atoms with Crippen LogP contribution in [0.15, 0.2) is 24.3 Å². The van der Waals surface area contributed by atoms with Gasteiger partial charge in [0.05, 0.1) is 23.8 Å². The minimum atomic E-state index is -0.241. The van der Waals surface area contributed by atoms with Crippen molar-refractivity contribution < 1.29 is 9.53 Å². The van der Waals surface area contributed by atoms with Crippen molar-refractivity contribution in [3.63, 3.8) is 0 Å². The standard InChI is InChI=1S/C16H21N3O2/c1-11(19(3)15-8-9-21-12(15)2)16(20)18-14-6-4-13(10-17)5-7-14/h4-7,11-12,15H,8-9H2,1-3H3,(H,18,20). The van der Waals surface area contributed by atoms with Crippen molar-refractivity contribution in [2.24, 2.45) is 0 Å². The average molecular weight is 287 g/mol. The molecule has 1 amide bonds. The molecule has 2 rings (SSSR count). The van der Waals surface area contributed by atoms with Gasteiger partial charge in [0.2, 0.25) is 5.91 Å². The van der Waals surface area contributed by atoms with Gasteiger partial charge in [0.25, 0.3) is 0 Å². The van der Waals surface area contributed by atoms with Crippen LogP contribution in [0.3, 0.4) is 0 Å². The third-order valence-electron chi connectivity index (χ3n) is 4.13. The largest absolute Gasteiger partial charge is 0.377 e. The summed E-state index contributed by atoms with van der Waals surface area (Å²) in [5.74, 6) is -0.0543. The predicted molar refractivity (Wildman–Crippen MR) is 80.8 cm³/mol. The SMILES string of the molecule is CC1OCCC1N(C)C(C)C(=O)Nc1ccc(C#N)cc1. The molecular formula is C16H21N3O2. The summed E-state index contributed by atoms with van der Waals surface area (Å²) < 4.78 is 5.56. The summed E-state index contributed by atoms with van der Waals surface area (Å²) in [6.45, 7) is 4.68. The van der Waals surface area contributed by atoms with Crippen LogP contribution in [0, 0.1) is 11.3 Å². The molecule has 1 fully saturated rings. The number of amides is 1. The number of anilines is 1. The van der Waals surface area contributed by atoms with Crippen LogP contribution in [-0.4, -0.2) is 42.6 Å². The Hall–Kier alpha value is -1.90. The van der Waals surface area contributed by atoms with Gasteiger partial charge in [-0.1, -0.05) is 0 Å². The van der Waals surface area contributed by atoms with Gasteiger partial charge in [-0.25, -0.2) is 0 Å². The maximum absolute atomic E-state index is 12.3. The lowest BCUT2D eigenvalue weighted by atomic mass is 10.1. The first-order chi connectivity index (χ1) is 10.0. The maximum Gasteiger partial charge on any atom is 0.241 e. The first kappa shape index (κ1) is 15.5. The van der Waals surface area contributed by atoms with Gasteiger partial charge in [0.15, 0.2) is 0 Å². The second-order valence-electron chi connectivity index (χ2n) is 5.45. The zero-order valence-corrected chi connectivity index (χ0v) is 12.7. The number of ether oxygens (including phenoxy) is 1. The molecule has 1 aliphatic heterocycles. The van der Waals surface area contributed by atoms with Gasteiger partial charge in [0.1, 0.15) is 0 Å². The van der Waals surface area contributed by atoms with E-state index in [-0.39, 0.29) is 24.1 Å². The number of hydrogen-bond acceptors (Lipinski definition) is 4. The number of benzene rings is 1. The molecule has 0 radical (unpaired) electrons. The average Bonchev–Trinajstić information content (AvgIpc) is 2.92. The van der Waals surface area contributed by atoms with E-state index < -0.39 is 0 Å². The molecule has 1 N–H and O–H groups in total. The summed E-state index contributed by atoms with van der Waals surface area (Å²) in [5.41, 5.74) is 1.28. The van der Waals surface area contributed by atoms with Gasteiger partial charge in [-0.15, -0.1) is 0 Å². The first-order valence-electron chi connectivity index (χ1n) is 7.17. The fourth-order valence-corrected chi connectivity index (χ4v) is 2.60. The zero-order valence-electron chi connectivity index (χ0n) is 12.7. The van der Waals surface area contributed by atoms with Crippen LogP contribution in [0.25, 0.3) is 0 Å². The minimum Gasteiger partial charge on any atom is -0.377 e. The molecule has 3 atom stereocenters. The van der Waals surface area contributed by atoms with E-state index in [2.05, 4.69) is 16.3 Å². The number of carbonyl (C=O) groups excluding carboxylic acids is 1. The van der Waals surface area contributed by atoms with Crippen LogP contribution in [-0.2, 0) is 9.53 Å². The lowest BCUT2D eigenvalue weighted by Crippen LogP contribution is -2.47. The zero-order chi connectivity index (χ0) is 15.4. The highest BCUT2D eigenvalue weighted by Crippen LogP contribution is 2.20. The van der Waals surface area contributed by atoms with Crippen LogP contribution in [0.4, 0.5) is 5.69 Å². The normalized spacial score (nSPS) is 22.8. The van der Waals surface area contributed by atoms with Crippen LogP contribution >= 0.6 is 0 Å². The predicted octanol–water partition coefficient (Wildman–Crippen LogP) is 1.99. The van der Waals surface area contributed by atoms with E-state index in [1.807, 2.05) is 20.9 Å². The Bertz CT molecular complexity index is 535. The molecule has 0 spiro atoms. The molecule has 0 saturated carbocycles. The Balaban J connectivity index is 1.96. The van der Waals surface area contributed by atoms with Crippen molar-refractivity contribution >= 4 is 11.6 Å². The quantitative estimate of drug-likeness (QED) is 0.920. The summed E-state index contributed by atoms with van der Waals surface area (Å²) in [6.07, 6.45) is 1.10. The number of carbonyl (C=O) groups is 1. The number of nitrogens with one attached hydrogen (secondary N) is 1. The summed E-state index contributed by atoms with van der Waals surface area (Å²) in [6, 6.07) is 8.95. The van der Waals surface area contributed by atoms with E-state index in [0.717, 1.165) is 13.0 Å². The highest BCUT2D eigenvalue weighted by atomic mass is 16.5.